The van der Waals surface area contributed by atoms with E-state index in [0.29, 0.717) is 5.92 Å². The highest BCUT2D eigenvalue weighted by Crippen LogP contribution is 2.23. The lowest BCUT2D eigenvalue weighted by molar-refractivity contribution is 0.727. The van der Waals surface area contributed by atoms with E-state index in [1.54, 1.807) is 0 Å². The highest BCUT2D eigenvalue weighted by Gasteiger charge is 2.06. The van der Waals surface area contributed by atoms with Crippen molar-refractivity contribution in [1.29, 1.82) is 0 Å². The topological polar surface area (TPSA) is 0 Å². The second-order valence-electron chi connectivity index (χ2n) is 5.44. The minimum atomic E-state index is 0.699. The molecule has 1 unspecified atom stereocenters. The Kier molecular flexibility index (Phi) is 7.08. The largest absolute Gasteiger partial charge is 0.0648 e. The molecule has 0 radical (unpaired) electrons. The van der Waals surface area contributed by atoms with E-state index in [2.05, 4.69) is 77.1 Å². The summed E-state index contributed by atoms with van der Waals surface area (Å²) in [5.74, 6) is 0.699. The van der Waals surface area contributed by atoms with E-state index in [1.807, 2.05) is 6.07 Å². The van der Waals surface area contributed by atoms with E-state index in [0.717, 1.165) is 6.42 Å². The Bertz CT molecular complexity index is 497. The van der Waals surface area contributed by atoms with E-state index >= 15 is 0 Å². The van der Waals surface area contributed by atoms with Gasteiger partial charge in [-0.05, 0) is 54.9 Å². The van der Waals surface area contributed by atoms with Crippen LogP contribution in [0.4, 0.5) is 0 Å². The molecule has 0 aliphatic heterocycles. The maximum absolute atomic E-state index is 2.29. The molecule has 0 aliphatic carbocycles. The van der Waals surface area contributed by atoms with Crippen LogP contribution in [0.15, 0.2) is 48.5 Å². The average Bonchev–Trinajstić information content (AvgIpc) is 2.50. The summed E-state index contributed by atoms with van der Waals surface area (Å²) in [4.78, 5) is 0. The van der Waals surface area contributed by atoms with Gasteiger partial charge in [0.25, 0.3) is 0 Å². The minimum Gasteiger partial charge on any atom is -0.0648 e. The van der Waals surface area contributed by atoms with E-state index < -0.39 is 0 Å². The molecule has 0 fully saturated rings. The average molecular weight is 268 g/mol. The van der Waals surface area contributed by atoms with Gasteiger partial charge in [0, 0.05) is 0 Å². The molecule has 108 valence electrons. The summed E-state index contributed by atoms with van der Waals surface area (Å²) in [7, 11) is 0. The molecule has 0 N–H and O–H groups in total. The van der Waals surface area contributed by atoms with Gasteiger partial charge in [0.15, 0.2) is 0 Å². The molecule has 0 amide bonds. The predicted octanol–water partition coefficient (Wildman–Crippen LogP) is 6.07. The molecule has 0 saturated carbocycles. The second-order valence-corrected chi connectivity index (χ2v) is 5.44. The van der Waals surface area contributed by atoms with Crippen LogP contribution in [-0.2, 0) is 6.42 Å². The van der Waals surface area contributed by atoms with Crippen LogP contribution in [0.2, 0.25) is 0 Å². The summed E-state index contributed by atoms with van der Waals surface area (Å²) < 4.78 is 0. The molecule has 0 bridgehead atoms. The van der Waals surface area contributed by atoms with E-state index in [-0.39, 0.29) is 0 Å². The van der Waals surface area contributed by atoms with Gasteiger partial charge in [-0.25, -0.2) is 0 Å². The lowest BCUT2D eigenvalue weighted by Gasteiger charge is -2.13. The Morgan fingerprint density at radius 2 is 1.50 bits per heavy atom. The van der Waals surface area contributed by atoms with Gasteiger partial charge < -0.3 is 0 Å². The number of rotatable bonds is 3. The van der Waals surface area contributed by atoms with Crippen molar-refractivity contribution in [3.63, 3.8) is 0 Å². The SMILES string of the molecule is CCC(C)c1cccc(C)c1C.CCc1ccccc1. The molecule has 1 atom stereocenters. The van der Waals surface area contributed by atoms with Gasteiger partial charge in [-0.1, -0.05) is 69.3 Å². The van der Waals surface area contributed by atoms with Crippen LogP contribution < -0.4 is 0 Å². The number of hydrogen-bond donors (Lipinski definition) is 0. The summed E-state index contributed by atoms with van der Waals surface area (Å²) in [6.45, 7) is 11.1. The molecule has 0 saturated heterocycles. The van der Waals surface area contributed by atoms with Crippen LogP contribution in [0.1, 0.15) is 55.4 Å². The molecular formula is C20H28. The van der Waals surface area contributed by atoms with Gasteiger partial charge in [0.1, 0.15) is 0 Å². The van der Waals surface area contributed by atoms with Crippen molar-refractivity contribution in [1.82, 2.24) is 0 Å². The van der Waals surface area contributed by atoms with Crippen molar-refractivity contribution in [3.05, 3.63) is 70.8 Å². The molecule has 0 spiro atoms. The quantitative estimate of drug-likeness (QED) is 0.634. The number of benzene rings is 2. The van der Waals surface area contributed by atoms with Crippen LogP contribution in [0, 0.1) is 13.8 Å². The van der Waals surface area contributed by atoms with Crippen molar-refractivity contribution in [3.8, 4) is 0 Å². The molecule has 0 nitrogen and oxygen atoms in total. The zero-order valence-corrected chi connectivity index (χ0v) is 13.6. The lowest BCUT2D eigenvalue weighted by atomic mass is 9.92. The van der Waals surface area contributed by atoms with Crippen LogP contribution >= 0.6 is 0 Å². The zero-order valence-electron chi connectivity index (χ0n) is 13.6. The molecule has 0 heterocycles. The maximum Gasteiger partial charge on any atom is -0.0190 e. The maximum atomic E-state index is 2.29. The molecule has 2 aromatic rings. The Balaban J connectivity index is 0.000000217. The summed E-state index contributed by atoms with van der Waals surface area (Å²) in [6.07, 6.45) is 2.37. The minimum absolute atomic E-state index is 0.699. The Labute approximate surface area is 124 Å². The first kappa shape index (κ1) is 16.5. The summed E-state index contributed by atoms with van der Waals surface area (Å²) in [5.41, 5.74) is 5.80. The molecule has 20 heavy (non-hydrogen) atoms. The Morgan fingerprint density at radius 1 is 0.850 bits per heavy atom. The molecule has 2 rings (SSSR count). The zero-order chi connectivity index (χ0) is 15.0. The van der Waals surface area contributed by atoms with Gasteiger partial charge in [0.05, 0.1) is 0 Å². The lowest BCUT2D eigenvalue weighted by Crippen LogP contribution is -1.96. The van der Waals surface area contributed by atoms with Crippen molar-refractivity contribution < 1.29 is 0 Å². The van der Waals surface area contributed by atoms with E-state index in [4.69, 9.17) is 0 Å². The highest BCUT2D eigenvalue weighted by molar-refractivity contribution is 5.35. The third kappa shape index (κ3) is 4.85. The fraction of sp³-hybridized carbons (Fsp3) is 0.400. The smallest absolute Gasteiger partial charge is 0.0190 e. The van der Waals surface area contributed by atoms with Crippen LogP contribution in [0.5, 0.6) is 0 Å². The fourth-order valence-electron chi connectivity index (χ4n) is 2.24. The molecule has 0 aromatic heterocycles. The Morgan fingerprint density at radius 3 is 2.00 bits per heavy atom. The van der Waals surface area contributed by atoms with Gasteiger partial charge in [0.2, 0.25) is 0 Å². The van der Waals surface area contributed by atoms with E-state index in [9.17, 15) is 0 Å². The number of hydrogen-bond acceptors (Lipinski definition) is 0. The van der Waals surface area contributed by atoms with Crippen molar-refractivity contribution in [2.45, 2.75) is 53.4 Å². The fourth-order valence-corrected chi connectivity index (χ4v) is 2.24. The number of aryl methyl sites for hydroxylation is 2. The summed E-state index contributed by atoms with van der Waals surface area (Å²) in [5, 5.41) is 0. The highest BCUT2D eigenvalue weighted by atomic mass is 14.1. The van der Waals surface area contributed by atoms with E-state index in [1.165, 1.54) is 28.7 Å². The third-order valence-electron chi connectivity index (χ3n) is 4.04. The van der Waals surface area contributed by atoms with Gasteiger partial charge in [-0.2, -0.15) is 0 Å². The third-order valence-corrected chi connectivity index (χ3v) is 4.04. The summed E-state index contributed by atoms with van der Waals surface area (Å²) in [6, 6.07) is 17.0. The second kappa shape index (κ2) is 8.58. The Hall–Kier alpha value is -1.56. The van der Waals surface area contributed by atoms with Gasteiger partial charge >= 0.3 is 0 Å². The monoisotopic (exact) mass is 268 g/mol. The molecule has 0 heteroatoms. The predicted molar refractivity (Wildman–Crippen MR) is 90.4 cm³/mol. The molecular weight excluding hydrogens is 240 g/mol. The first-order chi connectivity index (χ1) is 9.60. The van der Waals surface area contributed by atoms with Crippen LogP contribution in [-0.4, -0.2) is 0 Å². The van der Waals surface area contributed by atoms with Crippen LogP contribution in [0.25, 0.3) is 0 Å². The van der Waals surface area contributed by atoms with Crippen molar-refractivity contribution >= 4 is 0 Å². The van der Waals surface area contributed by atoms with Gasteiger partial charge in [-0.15, -0.1) is 0 Å². The first-order valence-corrected chi connectivity index (χ1v) is 7.70. The van der Waals surface area contributed by atoms with Gasteiger partial charge in [-0.3, -0.25) is 0 Å². The summed E-state index contributed by atoms with van der Waals surface area (Å²) >= 11 is 0. The first-order valence-electron chi connectivity index (χ1n) is 7.70. The van der Waals surface area contributed by atoms with Crippen molar-refractivity contribution in [2.24, 2.45) is 0 Å². The molecule has 0 aliphatic rings. The molecule has 2 aromatic carbocycles. The standard InChI is InChI=1S/C12H18.C8H10/c1-5-9(2)12-8-6-7-10(3)11(12)4;1-2-8-6-4-3-5-7-8/h6-9H,5H2,1-4H3;3-7H,2H2,1H3. The van der Waals surface area contributed by atoms with Crippen LogP contribution in [0.3, 0.4) is 0 Å². The normalized spacial score (nSPS) is 11.4. The van der Waals surface area contributed by atoms with Crippen molar-refractivity contribution in [2.75, 3.05) is 0 Å².